The summed E-state index contributed by atoms with van der Waals surface area (Å²) in [5, 5.41) is 11.7. The van der Waals surface area contributed by atoms with Crippen molar-refractivity contribution in [1.29, 1.82) is 0 Å². The van der Waals surface area contributed by atoms with Gasteiger partial charge in [-0.3, -0.25) is 0 Å². The number of aromatic carboxylic acids is 1. The second-order valence-corrected chi connectivity index (χ2v) is 3.08. The maximum atomic E-state index is 10.5. The second-order valence-electron chi connectivity index (χ2n) is 2.67. The highest BCUT2D eigenvalue weighted by Gasteiger charge is 2.03. The number of aromatic nitrogens is 1. The van der Waals surface area contributed by atoms with Gasteiger partial charge in [0.15, 0.2) is 0 Å². The first-order valence-electron chi connectivity index (χ1n) is 3.67. The fraction of sp³-hybridized carbons (Fsp3) is 0. The molecule has 0 bridgehead atoms. The van der Waals surface area contributed by atoms with Gasteiger partial charge in [-0.2, -0.15) is 0 Å². The molecule has 0 aliphatic rings. The molecule has 2 aromatic rings. The molecule has 1 N–H and O–H groups in total. The molecule has 0 aliphatic heterocycles. The zero-order valence-corrected chi connectivity index (χ0v) is 7.26. The summed E-state index contributed by atoms with van der Waals surface area (Å²) in [7, 11) is 0. The predicted molar refractivity (Wildman–Crippen MR) is 47.6 cm³/mol. The molecule has 0 spiro atoms. The van der Waals surface area contributed by atoms with Gasteiger partial charge in [-0.05, 0) is 18.2 Å². The normalized spacial score (nSPS) is 10.5. The number of nitrogens with one attached hydrogen (secondary N) is 1. The zero-order chi connectivity index (χ0) is 9.42. The fourth-order valence-electron chi connectivity index (χ4n) is 1.23. The van der Waals surface area contributed by atoms with E-state index in [1.807, 2.05) is 0 Å². The number of carboxylic acid groups (broad SMARTS) is 1. The first kappa shape index (κ1) is 8.13. The average molecular weight is 195 g/mol. The molecule has 0 atom stereocenters. The summed E-state index contributed by atoms with van der Waals surface area (Å²) in [4.78, 5) is 13.2. The minimum Gasteiger partial charge on any atom is -0.543 e. The van der Waals surface area contributed by atoms with Gasteiger partial charge in [0.1, 0.15) is 0 Å². The van der Waals surface area contributed by atoms with Crippen LogP contribution < -0.4 is 5.11 Å². The Morgan fingerprint density at radius 3 is 2.85 bits per heavy atom. The van der Waals surface area contributed by atoms with Crippen molar-refractivity contribution >= 4 is 28.5 Å². The molecule has 4 heteroatoms. The van der Waals surface area contributed by atoms with Crippen LogP contribution in [-0.2, 0) is 0 Å². The van der Waals surface area contributed by atoms with Crippen LogP contribution in [0.15, 0.2) is 24.3 Å². The van der Waals surface area contributed by atoms with Crippen LogP contribution >= 0.6 is 11.6 Å². The fourth-order valence-corrected chi connectivity index (χ4v) is 1.46. The Balaban J connectivity index is 2.75. The molecule has 1 aromatic carbocycles. The SMILES string of the molecule is O=C([O-])c1cc2c(Cl)cccc2[nH]1. The second kappa shape index (κ2) is 2.78. The van der Waals surface area contributed by atoms with Crippen molar-refractivity contribution in [2.24, 2.45) is 0 Å². The Morgan fingerprint density at radius 1 is 1.46 bits per heavy atom. The van der Waals surface area contributed by atoms with Crippen molar-refractivity contribution in [2.75, 3.05) is 0 Å². The van der Waals surface area contributed by atoms with Crippen molar-refractivity contribution in [3.8, 4) is 0 Å². The smallest absolute Gasteiger partial charge is 0.0878 e. The van der Waals surface area contributed by atoms with E-state index in [1.165, 1.54) is 6.07 Å². The van der Waals surface area contributed by atoms with Gasteiger partial charge in [0.25, 0.3) is 0 Å². The Hall–Kier alpha value is -1.48. The summed E-state index contributed by atoms with van der Waals surface area (Å²) < 4.78 is 0. The number of carbonyl (C=O) groups excluding carboxylic acids is 1. The number of aromatic amines is 1. The van der Waals surface area contributed by atoms with Crippen LogP contribution in [0.4, 0.5) is 0 Å². The molecule has 0 amide bonds. The number of rotatable bonds is 1. The van der Waals surface area contributed by atoms with Crippen LogP contribution in [0.3, 0.4) is 0 Å². The maximum absolute atomic E-state index is 10.5. The summed E-state index contributed by atoms with van der Waals surface area (Å²) in [6.45, 7) is 0. The number of halogens is 1. The Labute approximate surface area is 78.9 Å². The van der Waals surface area contributed by atoms with Gasteiger partial charge in [0.2, 0.25) is 0 Å². The van der Waals surface area contributed by atoms with Crippen LogP contribution in [0.25, 0.3) is 10.9 Å². The number of carbonyl (C=O) groups is 1. The molecule has 2 rings (SSSR count). The van der Waals surface area contributed by atoms with E-state index in [9.17, 15) is 9.90 Å². The standard InChI is InChI=1S/C9H6ClNO2/c10-6-2-1-3-7-5(6)4-8(11-7)9(12)13/h1-4,11H,(H,12,13)/p-1. The van der Waals surface area contributed by atoms with E-state index in [2.05, 4.69) is 4.98 Å². The number of benzene rings is 1. The average Bonchev–Trinajstić information content (AvgIpc) is 2.49. The van der Waals surface area contributed by atoms with Crippen molar-refractivity contribution in [3.05, 3.63) is 35.0 Å². The van der Waals surface area contributed by atoms with Gasteiger partial charge in [-0.25, -0.2) is 0 Å². The van der Waals surface area contributed by atoms with Crippen molar-refractivity contribution < 1.29 is 9.90 Å². The third-order valence-corrected chi connectivity index (χ3v) is 2.16. The van der Waals surface area contributed by atoms with Crippen LogP contribution in [-0.4, -0.2) is 11.0 Å². The lowest BCUT2D eigenvalue weighted by Gasteiger charge is -1.93. The largest absolute Gasteiger partial charge is 0.543 e. The van der Waals surface area contributed by atoms with Gasteiger partial charge in [0.05, 0.1) is 11.7 Å². The number of carboxylic acids is 1. The van der Waals surface area contributed by atoms with Gasteiger partial charge in [-0.1, -0.05) is 17.7 Å². The monoisotopic (exact) mass is 194 g/mol. The molecule has 0 aliphatic carbocycles. The zero-order valence-electron chi connectivity index (χ0n) is 6.50. The van der Waals surface area contributed by atoms with E-state index >= 15 is 0 Å². The highest BCUT2D eigenvalue weighted by molar-refractivity contribution is 6.35. The van der Waals surface area contributed by atoms with Crippen LogP contribution in [0.2, 0.25) is 5.02 Å². The summed E-state index contributed by atoms with van der Waals surface area (Å²) in [6.07, 6.45) is 0. The first-order valence-corrected chi connectivity index (χ1v) is 4.05. The van der Waals surface area contributed by atoms with Gasteiger partial charge < -0.3 is 14.9 Å². The highest BCUT2D eigenvalue weighted by atomic mass is 35.5. The molecule has 0 saturated carbocycles. The molecule has 66 valence electrons. The van der Waals surface area contributed by atoms with Crippen LogP contribution in [0, 0.1) is 0 Å². The van der Waals surface area contributed by atoms with Gasteiger partial charge >= 0.3 is 0 Å². The topological polar surface area (TPSA) is 55.9 Å². The minimum atomic E-state index is -1.23. The lowest BCUT2D eigenvalue weighted by atomic mass is 10.2. The third kappa shape index (κ3) is 1.27. The molecule has 0 saturated heterocycles. The number of hydrogen-bond acceptors (Lipinski definition) is 2. The molecule has 1 aromatic heterocycles. The Kier molecular flexibility index (Phi) is 1.74. The maximum Gasteiger partial charge on any atom is 0.0878 e. The van der Waals surface area contributed by atoms with E-state index in [4.69, 9.17) is 11.6 Å². The quantitative estimate of drug-likeness (QED) is 0.741. The van der Waals surface area contributed by atoms with E-state index in [1.54, 1.807) is 18.2 Å². The number of H-pyrrole nitrogens is 1. The van der Waals surface area contributed by atoms with E-state index in [0.29, 0.717) is 15.9 Å². The molecule has 0 radical (unpaired) electrons. The lowest BCUT2D eigenvalue weighted by Crippen LogP contribution is -2.22. The molecule has 3 nitrogen and oxygen atoms in total. The Bertz CT molecular complexity index is 475. The third-order valence-electron chi connectivity index (χ3n) is 1.83. The molecule has 0 unspecified atom stereocenters. The summed E-state index contributed by atoms with van der Waals surface area (Å²) in [5.41, 5.74) is 0.745. The predicted octanol–water partition coefficient (Wildman–Crippen LogP) is 1.18. The molecule has 1 heterocycles. The van der Waals surface area contributed by atoms with Crippen molar-refractivity contribution in [1.82, 2.24) is 4.98 Å². The molecular formula is C9H5ClNO2-. The first-order chi connectivity index (χ1) is 6.18. The van der Waals surface area contributed by atoms with Crippen molar-refractivity contribution in [2.45, 2.75) is 0 Å². The summed E-state index contributed by atoms with van der Waals surface area (Å²) >= 11 is 5.84. The highest BCUT2D eigenvalue weighted by Crippen LogP contribution is 2.23. The number of fused-ring (bicyclic) bond motifs is 1. The Morgan fingerprint density at radius 2 is 2.23 bits per heavy atom. The minimum absolute atomic E-state index is 0.0445. The van der Waals surface area contributed by atoms with Crippen LogP contribution in [0.5, 0.6) is 0 Å². The lowest BCUT2D eigenvalue weighted by molar-refractivity contribution is -0.255. The molecular weight excluding hydrogens is 190 g/mol. The van der Waals surface area contributed by atoms with Gasteiger partial charge in [-0.15, -0.1) is 0 Å². The summed E-state index contributed by atoms with van der Waals surface area (Å²) in [5.74, 6) is -1.23. The van der Waals surface area contributed by atoms with Crippen LogP contribution in [0.1, 0.15) is 10.5 Å². The summed E-state index contributed by atoms with van der Waals surface area (Å²) in [6, 6.07) is 6.68. The molecule has 0 fully saturated rings. The van der Waals surface area contributed by atoms with Gasteiger partial charge in [0, 0.05) is 15.9 Å². The molecule has 13 heavy (non-hydrogen) atoms. The number of hydrogen-bond donors (Lipinski definition) is 1. The van der Waals surface area contributed by atoms with E-state index in [0.717, 1.165) is 0 Å². The van der Waals surface area contributed by atoms with E-state index < -0.39 is 5.97 Å². The van der Waals surface area contributed by atoms with Crippen molar-refractivity contribution in [3.63, 3.8) is 0 Å². The van der Waals surface area contributed by atoms with E-state index in [-0.39, 0.29) is 5.69 Å².